The van der Waals surface area contributed by atoms with Gasteiger partial charge in [-0.25, -0.2) is 9.97 Å². The molecule has 2 aromatic rings. The molecular formula is C14H17N3. The van der Waals surface area contributed by atoms with Gasteiger partial charge >= 0.3 is 0 Å². The molecule has 0 aliphatic heterocycles. The van der Waals surface area contributed by atoms with E-state index in [1.54, 1.807) is 6.07 Å². The molecule has 1 aromatic heterocycles. The molecule has 0 amide bonds. The van der Waals surface area contributed by atoms with Gasteiger partial charge in [-0.3, -0.25) is 0 Å². The summed E-state index contributed by atoms with van der Waals surface area (Å²) in [6.07, 6.45) is 0.729. The van der Waals surface area contributed by atoms with Gasteiger partial charge in [0.1, 0.15) is 11.6 Å². The highest BCUT2D eigenvalue weighted by Crippen LogP contribution is 2.13. The van der Waals surface area contributed by atoms with Crippen LogP contribution in [-0.2, 0) is 6.42 Å². The molecule has 0 aliphatic carbocycles. The molecule has 0 saturated heterocycles. The largest absolute Gasteiger partial charge is 0.384 e. The fraction of sp³-hybridized carbons (Fsp3) is 0.286. The number of aromatic nitrogens is 2. The van der Waals surface area contributed by atoms with Crippen LogP contribution in [0.1, 0.15) is 28.2 Å². The zero-order valence-corrected chi connectivity index (χ0v) is 10.5. The molecule has 2 N–H and O–H groups in total. The van der Waals surface area contributed by atoms with Crippen LogP contribution < -0.4 is 5.73 Å². The number of benzene rings is 1. The Morgan fingerprint density at radius 3 is 2.41 bits per heavy atom. The lowest BCUT2D eigenvalue weighted by molar-refractivity contribution is 0.947. The van der Waals surface area contributed by atoms with E-state index in [0.29, 0.717) is 5.82 Å². The first-order chi connectivity index (χ1) is 8.04. The molecule has 2 rings (SSSR count). The van der Waals surface area contributed by atoms with Crippen molar-refractivity contribution in [3.8, 4) is 0 Å². The second-order valence-corrected chi connectivity index (χ2v) is 4.45. The molecule has 0 unspecified atom stereocenters. The van der Waals surface area contributed by atoms with Gasteiger partial charge in [0.15, 0.2) is 0 Å². The van der Waals surface area contributed by atoms with Gasteiger partial charge in [0, 0.05) is 18.2 Å². The van der Waals surface area contributed by atoms with Crippen molar-refractivity contribution in [3.05, 3.63) is 52.5 Å². The van der Waals surface area contributed by atoms with E-state index < -0.39 is 0 Å². The van der Waals surface area contributed by atoms with Crippen LogP contribution in [0.5, 0.6) is 0 Å². The fourth-order valence-corrected chi connectivity index (χ4v) is 1.83. The average Bonchev–Trinajstić information content (AvgIpc) is 2.22. The average molecular weight is 227 g/mol. The highest BCUT2D eigenvalue weighted by Gasteiger charge is 2.03. The molecule has 1 aromatic carbocycles. The Labute approximate surface area is 102 Å². The van der Waals surface area contributed by atoms with E-state index in [1.165, 1.54) is 16.7 Å². The van der Waals surface area contributed by atoms with Crippen molar-refractivity contribution in [2.75, 3.05) is 5.73 Å². The van der Waals surface area contributed by atoms with Gasteiger partial charge in [0.05, 0.1) is 0 Å². The van der Waals surface area contributed by atoms with Gasteiger partial charge in [0.2, 0.25) is 0 Å². The number of nitrogens with zero attached hydrogens (tertiary/aromatic N) is 2. The summed E-state index contributed by atoms with van der Waals surface area (Å²) in [6.45, 7) is 6.16. The van der Waals surface area contributed by atoms with Crippen molar-refractivity contribution >= 4 is 5.82 Å². The van der Waals surface area contributed by atoms with Crippen molar-refractivity contribution in [2.45, 2.75) is 27.2 Å². The van der Waals surface area contributed by atoms with E-state index >= 15 is 0 Å². The summed E-state index contributed by atoms with van der Waals surface area (Å²) in [5.41, 5.74) is 10.4. The van der Waals surface area contributed by atoms with Gasteiger partial charge in [-0.15, -0.1) is 0 Å². The highest BCUT2D eigenvalue weighted by atomic mass is 14.9. The maximum atomic E-state index is 5.72. The normalized spacial score (nSPS) is 10.5. The third-order valence-corrected chi connectivity index (χ3v) is 2.85. The minimum absolute atomic E-state index is 0.538. The second kappa shape index (κ2) is 4.53. The zero-order valence-electron chi connectivity index (χ0n) is 10.5. The minimum atomic E-state index is 0.538. The van der Waals surface area contributed by atoms with Crippen LogP contribution >= 0.6 is 0 Å². The molecule has 3 heteroatoms. The van der Waals surface area contributed by atoms with Crippen LogP contribution in [0.15, 0.2) is 24.3 Å². The van der Waals surface area contributed by atoms with Gasteiger partial charge in [0.25, 0.3) is 0 Å². The topological polar surface area (TPSA) is 51.8 Å². The SMILES string of the molecule is Cc1cc(N)nc(Cc2ccc(C)c(C)c2)n1. The predicted octanol–water partition coefficient (Wildman–Crippen LogP) is 2.57. The third kappa shape index (κ3) is 2.81. The van der Waals surface area contributed by atoms with Crippen LogP contribution in [0, 0.1) is 20.8 Å². The summed E-state index contributed by atoms with van der Waals surface area (Å²) in [5, 5.41) is 0. The highest BCUT2D eigenvalue weighted by molar-refractivity contribution is 5.33. The lowest BCUT2D eigenvalue weighted by Crippen LogP contribution is -2.02. The summed E-state index contributed by atoms with van der Waals surface area (Å²) in [7, 11) is 0. The Hall–Kier alpha value is -1.90. The summed E-state index contributed by atoms with van der Waals surface area (Å²) in [6, 6.07) is 8.20. The monoisotopic (exact) mass is 227 g/mol. The van der Waals surface area contributed by atoms with Gasteiger partial charge in [-0.1, -0.05) is 18.2 Å². The fourth-order valence-electron chi connectivity index (χ4n) is 1.83. The molecule has 0 fully saturated rings. The van der Waals surface area contributed by atoms with Crippen LogP contribution in [-0.4, -0.2) is 9.97 Å². The predicted molar refractivity (Wildman–Crippen MR) is 69.9 cm³/mol. The third-order valence-electron chi connectivity index (χ3n) is 2.85. The van der Waals surface area contributed by atoms with Gasteiger partial charge < -0.3 is 5.73 Å². The molecular weight excluding hydrogens is 210 g/mol. The summed E-state index contributed by atoms with van der Waals surface area (Å²) in [5.74, 6) is 1.32. The lowest BCUT2D eigenvalue weighted by atomic mass is 10.0. The van der Waals surface area contributed by atoms with E-state index in [1.807, 2.05) is 6.92 Å². The molecule has 0 aliphatic rings. The maximum absolute atomic E-state index is 5.72. The van der Waals surface area contributed by atoms with E-state index in [4.69, 9.17) is 5.73 Å². The van der Waals surface area contributed by atoms with Crippen molar-refractivity contribution in [2.24, 2.45) is 0 Å². The minimum Gasteiger partial charge on any atom is -0.384 e. The molecule has 0 spiro atoms. The molecule has 0 atom stereocenters. The second-order valence-electron chi connectivity index (χ2n) is 4.45. The van der Waals surface area contributed by atoms with Crippen molar-refractivity contribution in [1.29, 1.82) is 0 Å². The van der Waals surface area contributed by atoms with Crippen molar-refractivity contribution in [1.82, 2.24) is 9.97 Å². The molecule has 17 heavy (non-hydrogen) atoms. The first-order valence-corrected chi connectivity index (χ1v) is 5.71. The van der Waals surface area contributed by atoms with E-state index in [2.05, 4.69) is 42.0 Å². The summed E-state index contributed by atoms with van der Waals surface area (Å²) in [4.78, 5) is 8.64. The quantitative estimate of drug-likeness (QED) is 0.857. The molecule has 1 heterocycles. The number of rotatable bonds is 2. The molecule has 3 nitrogen and oxygen atoms in total. The Balaban J connectivity index is 2.28. The number of anilines is 1. The molecule has 0 bridgehead atoms. The smallest absolute Gasteiger partial charge is 0.135 e. The van der Waals surface area contributed by atoms with Crippen LogP contribution in [0.2, 0.25) is 0 Å². The van der Waals surface area contributed by atoms with Crippen molar-refractivity contribution in [3.63, 3.8) is 0 Å². The standard InChI is InChI=1S/C14H17N3/c1-9-4-5-12(6-10(9)2)8-14-16-11(3)7-13(15)17-14/h4-7H,8H2,1-3H3,(H2,15,16,17). The molecule has 0 saturated carbocycles. The Kier molecular flexibility index (Phi) is 3.09. The number of hydrogen-bond donors (Lipinski definition) is 1. The Morgan fingerprint density at radius 1 is 1.00 bits per heavy atom. The Morgan fingerprint density at radius 2 is 1.76 bits per heavy atom. The number of nitrogens with two attached hydrogens (primary N) is 1. The number of hydrogen-bond acceptors (Lipinski definition) is 3. The Bertz CT molecular complexity index is 527. The lowest BCUT2D eigenvalue weighted by Gasteiger charge is -2.06. The van der Waals surface area contributed by atoms with E-state index in [0.717, 1.165) is 17.9 Å². The van der Waals surface area contributed by atoms with Crippen LogP contribution in [0.4, 0.5) is 5.82 Å². The summed E-state index contributed by atoms with van der Waals surface area (Å²) < 4.78 is 0. The van der Waals surface area contributed by atoms with Crippen LogP contribution in [0.25, 0.3) is 0 Å². The van der Waals surface area contributed by atoms with Crippen LogP contribution in [0.3, 0.4) is 0 Å². The molecule has 0 radical (unpaired) electrons. The maximum Gasteiger partial charge on any atom is 0.135 e. The first-order valence-electron chi connectivity index (χ1n) is 5.71. The molecule has 88 valence electrons. The number of nitrogen functional groups attached to an aromatic ring is 1. The zero-order chi connectivity index (χ0) is 12.4. The van der Waals surface area contributed by atoms with E-state index in [9.17, 15) is 0 Å². The van der Waals surface area contributed by atoms with Crippen molar-refractivity contribution < 1.29 is 0 Å². The first kappa shape index (κ1) is 11.6. The van der Waals surface area contributed by atoms with E-state index in [-0.39, 0.29) is 0 Å². The van der Waals surface area contributed by atoms with Gasteiger partial charge in [-0.05, 0) is 37.5 Å². The van der Waals surface area contributed by atoms with Gasteiger partial charge in [-0.2, -0.15) is 0 Å². The number of aryl methyl sites for hydroxylation is 3. The summed E-state index contributed by atoms with van der Waals surface area (Å²) >= 11 is 0.